The lowest BCUT2D eigenvalue weighted by molar-refractivity contribution is 1.26. The van der Waals surface area contributed by atoms with Crippen LogP contribution in [0.2, 0.25) is 0 Å². The van der Waals surface area contributed by atoms with Crippen LogP contribution < -0.4 is 0 Å². The second-order valence-corrected chi connectivity index (χ2v) is 7.19. The molecule has 0 aromatic heterocycles. The number of rotatable bonds is 1. The number of benzene rings is 1. The summed E-state index contributed by atoms with van der Waals surface area (Å²) >= 11 is 5.35. The van der Waals surface area contributed by atoms with Crippen molar-refractivity contribution in [2.75, 3.05) is 0 Å². The topological polar surface area (TPSA) is 12.4 Å². The van der Waals surface area contributed by atoms with E-state index in [1.165, 1.54) is 20.9 Å². The van der Waals surface area contributed by atoms with Gasteiger partial charge < -0.3 is 0 Å². The number of aliphatic imine (C=N–C) groups is 1. The van der Waals surface area contributed by atoms with E-state index in [1.807, 2.05) is 0 Å². The number of halogens is 1. The summed E-state index contributed by atoms with van der Waals surface area (Å²) in [6.07, 6.45) is 9.54. The molecule has 0 saturated carbocycles. The second-order valence-electron chi connectivity index (χ2n) is 5.02. The van der Waals surface area contributed by atoms with Crippen LogP contribution in [0.4, 0.5) is 0 Å². The van der Waals surface area contributed by atoms with Gasteiger partial charge in [-0.3, -0.25) is 4.99 Å². The van der Waals surface area contributed by atoms with E-state index in [0.29, 0.717) is 0 Å². The highest BCUT2D eigenvalue weighted by Gasteiger charge is 2.17. The van der Waals surface area contributed by atoms with Gasteiger partial charge in [-0.2, -0.15) is 0 Å². The molecule has 1 heterocycles. The Kier molecular flexibility index (Phi) is 4.32. The molecule has 0 radical (unpaired) electrons. The standard InChI is InChI=1S/C18H16BrNS/c1-12-13(2)21-17-9-4-3-8-16(17)18(20-12)14-6-5-7-15(19)11-10-14/h3-4,6-11H,5H2,1-2H3. The van der Waals surface area contributed by atoms with E-state index < -0.39 is 0 Å². The third kappa shape index (κ3) is 3.14. The first-order valence-electron chi connectivity index (χ1n) is 6.93. The molecule has 1 aromatic rings. The Hall–Kier alpha value is -1.32. The van der Waals surface area contributed by atoms with Crippen molar-refractivity contribution in [3.63, 3.8) is 0 Å². The molecule has 3 heteroatoms. The zero-order chi connectivity index (χ0) is 14.8. The lowest BCUT2D eigenvalue weighted by Crippen LogP contribution is -2.04. The summed E-state index contributed by atoms with van der Waals surface area (Å²) < 4.78 is 1.12. The molecule has 1 nitrogen and oxygen atoms in total. The fourth-order valence-corrected chi connectivity index (χ4v) is 3.56. The fraction of sp³-hybridized carbons (Fsp3) is 0.167. The Labute approximate surface area is 138 Å². The highest BCUT2D eigenvalue weighted by Crippen LogP contribution is 2.36. The van der Waals surface area contributed by atoms with Crippen LogP contribution in [0.25, 0.3) is 0 Å². The molecule has 0 fully saturated rings. The molecular formula is C18H16BrNS. The highest BCUT2D eigenvalue weighted by atomic mass is 79.9. The Bertz CT molecular complexity index is 735. The van der Waals surface area contributed by atoms with Crippen molar-refractivity contribution >= 4 is 33.4 Å². The zero-order valence-corrected chi connectivity index (χ0v) is 14.5. The summed E-state index contributed by atoms with van der Waals surface area (Å²) in [4.78, 5) is 7.44. The molecule has 0 unspecified atom stereocenters. The van der Waals surface area contributed by atoms with Gasteiger partial charge in [0.15, 0.2) is 0 Å². The van der Waals surface area contributed by atoms with E-state index in [-0.39, 0.29) is 0 Å². The van der Waals surface area contributed by atoms with Gasteiger partial charge >= 0.3 is 0 Å². The van der Waals surface area contributed by atoms with E-state index in [1.54, 1.807) is 11.8 Å². The van der Waals surface area contributed by atoms with Gasteiger partial charge in [0.1, 0.15) is 0 Å². The first-order valence-corrected chi connectivity index (χ1v) is 8.54. The molecule has 0 atom stereocenters. The van der Waals surface area contributed by atoms with Crippen molar-refractivity contribution in [3.8, 4) is 0 Å². The summed E-state index contributed by atoms with van der Waals surface area (Å²) in [5, 5.41) is 0. The summed E-state index contributed by atoms with van der Waals surface area (Å²) in [6, 6.07) is 8.51. The third-order valence-electron chi connectivity index (χ3n) is 3.54. The zero-order valence-electron chi connectivity index (χ0n) is 12.1. The van der Waals surface area contributed by atoms with Gasteiger partial charge in [0.05, 0.1) is 5.71 Å². The summed E-state index contributed by atoms with van der Waals surface area (Å²) in [5.74, 6) is 0. The molecular weight excluding hydrogens is 342 g/mol. The molecule has 0 N–H and O–H groups in total. The predicted molar refractivity (Wildman–Crippen MR) is 96.1 cm³/mol. The van der Waals surface area contributed by atoms with Crippen LogP contribution in [0.15, 0.2) is 79.1 Å². The molecule has 1 aliphatic heterocycles. The molecule has 1 aromatic carbocycles. The third-order valence-corrected chi connectivity index (χ3v) is 5.31. The van der Waals surface area contributed by atoms with Crippen LogP contribution in [0.3, 0.4) is 0 Å². The maximum Gasteiger partial charge on any atom is 0.0786 e. The number of thioether (sulfide) groups is 1. The minimum Gasteiger partial charge on any atom is -0.252 e. The van der Waals surface area contributed by atoms with Crippen molar-refractivity contribution < 1.29 is 0 Å². The Morgan fingerprint density at radius 1 is 1.10 bits per heavy atom. The van der Waals surface area contributed by atoms with Crippen LogP contribution in [-0.4, -0.2) is 5.71 Å². The lowest BCUT2D eigenvalue weighted by atomic mass is 10.0. The van der Waals surface area contributed by atoms with Crippen LogP contribution in [-0.2, 0) is 0 Å². The maximum absolute atomic E-state index is 4.91. The molecule has 106 valence electrons. The van der Waals surface area contributed by atoms with Gasteiger partial charge in [-0.25, -0.2) is 0 Å². The van der Waals surface area contributed by atoms with Crippen molar-refractivity contribution in [1.29, 1.82) is 0 Å². The van der Waals surface area contributed by atoms with E-state index in [9.17, 15) is 0 Å². The fourth-order valence-electron chi connectivity index (χ4n) is 2.30. The lowest BCUT2D eigenvalue weighted by Gasteiger charge is -2.10. The normalized spacial score (nSPS) is 18.3. The van der Waals surface area contributed by atoms with Gasteiger partial charge in [0.25, 0.3) is 0 Å². The van der Waals surface area contributed by atoms with Crippen molar-refractivity contribution in [2.24, 2.45) is 4.99 Å². The number of hydrogen-bond acceptors (Lipinski definition) is 2. The number of nitrogens with zero attached hydrogens (tertiary/aromatic N) is 1. The Balaban J connectivity index is 2.14. The van der Waals surface area contributed by atoms with E-state index in [0.717, 1.165) is 22.3 Å². The van der Waals surface area contributed by atoms with Crippen LogP contribution in [0.5, 0.6) is 0 Å². The Morgan fingerprint density at radius 3 is 2.76 bits per heavy atom. The largest absolute Gasteiger partial charge is 0.252 e. The number of allylic oxidation sites excluding steroid dienone is 8. The molecule has 0 saturated heterocycles. The van der Waals surface area contributed by atoms with Gasteiger partial charge in [-0.05, 0) is 38.0 Å². The molecule has 21 heavy (non-hydrogen) atoms. The molecule has 0 bridgehead atoms. The predicted octanol–water partition coefficient (Wildman–Crippen LogP) is 6.00. The van der Waals surface area contributed by atoms with Crippen LogP contribution in [0, 0.1) is 0 Å². The monoisotopic (exact) mass is 357 g/mol. The Morgan fingerprint density at radius 2 is 1.90 bits per heavy atom. The van der Waals surface area contributed by atoms with Gasteiger partial charge in [0.2, 0.25) is 0 Å². The summed E-state index contributed by atoms with van der Waals surface area (Å²) in [7, 11) is 0. The number of hydrogen-bond donors (Lipinski definition) is 0. The van der Waals surface area contributed by atoms with Gasteiger partial charge in [-0.1, -0.05) is 64.1 Å². The number of fused-ring (bicyclic) bond motifs is 1. The van der Waals surface area contributed by atoms with Crippen molar-refractivity contribution in [3.05, 3.63) is 74.8 Å². The SMILES string of the molecule is CC1=C(C)Sc2ccccc2C(C2=CCC=C(Br)C=C2)=N1. The molecule has 3 rings (SSSR count). The molecule has 2 aliphatic rings. The minimum absolute atomic E-state index is 0.916. The van der Waals surface area contributed by atoms with E-state index in [4.69, 9.17) is 4.99 Å². The van der Waals surface area contributed by atoms with E-state index in [2.05, 4.69) is 78.3 Å². The van der Waals surface area contributed by atoms with Gasteiger partial charge in [0, 0.05) is 25.5 Å². The quantitative estimate of drug-likeness (QED) is 0.600. The second kappa shape index (κ2) is 6.20. The minimum atomic E-state index is 0.916. The van der Waals surface area contributed by atoms with Crippen molar-refractivity contribution in [1.82, 2.24) is 0 Å². The molecule has 1 aliphatic carbocycles. The van der Waals surface area contributed by atoms with E-state index >= 15 is 0 Å². The van der Waals surface area contributed by atoms with Gasteiger partial charge in [-0.15, -0.1) is 0 Å². The molecule has 0 amide bonds. The van der Waals surface area contributed by atoms with Crippen LogP contribution >= 0.6 is 27.7 Å². The first-order chi connectivity index (χ1) is 10.1. The van der Waals surface area contributed by atoms with Crippen LogP contribution in [0.1, 0.15) is 25.8 Å². The maximum atomic E-state index is 4.91. The molecule has 0 spiro atoms. The van der Waals surface area contributed by atoms with Crippen molar-refractivity contribution in [2.45, 2.75) is 25.2 Å². The first kappa shape index (κ1) is 14.6. The summed E-state index contributed by atoms with van der Waals surface area (Å²) in [6.45, 7) is 4.22. The smallest absolute Gasteiger partial charge is 0.0786 e. The average Bonchev–Trinajstić information content (AvgIpc) is 2.76. The average molecular weight is 358 g/mol. The highest BCUT2D eigenvalue weighted by molar-refractivity contribution is 9.11. The summed E-state index contributed by atoms with van der Waals surface area (Å²) in [5.41, 5.74) is 4.56.